The van der Waals surface area contributed by atoms with Crippen LogP contribution in [0.2, 0.25) is 0 Å². The third-order valence-corrected chi connectivity index (χ3v) is 4.87. The van der Waals surface area contributed by atoms with E-state index in [9.17, 15) is 8.42 Å². The Labute approximate surface area is 129 Å². The minimum Gasteiger partial charge on any atom is -0.381 e. The highest BCUT2D eigenvalue weighted by Crippen LogP contribution is 2.33. The van der Waals surface area contributed by atoms with Crippen LogP contribution in [0.25, 0.3) is 0 Å². The smallest absolute Gasteiger partial charge is 0.233 e. The summed E-state index contributed by atoms with van der Waals surface area (Å²) in [6.45, 7) is 7.56. The van der Waals surface area contributed by atoms with Gasteiger partial charge in [0.1, 0.15) is 0 Å². The Bertz CT molecular complexity index is 322. The van der Waals surface area contributed by atoms with E-state index in [4.69, 9.17) is 15.4 Å². The first-order chi connectivity index (χ1) is 9.39. The standard InChI is InChI=1S/C15H31ClO3S/c1-4-7-8-9-12-19-13-15(10-5-2,11-6-3)14-20(16,17)18/h4-14H2,1-3H3. The lowest BCUT2D eigenvalue weighted by molar-refractivity contribution is 0.0420. The first-order valence-corrected chi connectivity index (χ1v) is 10.4. The first kappa shape index (κ1) is 20.2. The lowest BCUT2D eigenvalue weighted by atomic mass is 9.82. The molecule has 0 heterocycles. The summed E-state index contributed by atoms with van der Waals surface area (Å²) in [5.74, 6) is 0.0260. The summed E-state index contributed by atoms with van der Waals surface area (Å²) in [6.07, 6.45) is 8.27. The van der Waals surface area contributed by atoms with Crippen molar-refractivity contribution in [3.8, 4) is 0 Å². The number of ether oxygens (including phenoxy) is 1. The molecule has 0 saturated heterocycles. The summed E-state index contributed by atoms with van der Waals surface area (Å²) in [6, 6.07) is 0. The minimum atomic E-state index is -3.49. The zero-order valence-corrected chi connectivity index (χ0v) is 14.9. The predicted molar refractivity (Wildman–Crippen MR) is 86.8 cm³/mol. The second-order valence-corrected chi connectivity index (χ2v) is 8.57. The number of hydrogen-bond donors (Lipinski definition) is 0. The maximum atomic E-state index is 11.5. The summed E-state index contributed by atoms with van der Waals surface area (Å²) in [5, 5.41) is 0. The SMILES string of the molecule is CCCCCCOCC(CCC)(CCC)CS(=O)(=O)Cl. The van der Waals surface area contributed by atoms with Crippen molar-refractivity contribution in [2.24, 2.45) is 5.41 Å². The molecule has 0 bridgehead atoms. The van der Waals surface area contributed by atoms with Gasteiger partial charge in [0.2, 0.25) is 9.05 Å². The average molecular weight is 327 g/mol. The van der Waals surface area contributed by atoms with Crippen LogP contribution in [0, 0.1) is 5.41 Å². The largest absolute Gasteiger partial charge is 0.381 e. The maximum Gasteiger partial charge on any atom is 0.233 e. The van der Waals surface area contributed by atoms with Crippen molar-refractivity contribution < 1.29 is 13.2 Å². The Kier molecular flexibility index (Phi) is 11.0. The second-order valence-electron chi connectivity index (χ2n) is 5.80. The molecule has 20 heavy (non-hydrogen) atoms. The van der Waals surface area contributed by atoms with Gasteiger partial charge in [0.25, 0.3) is 0 Å². The molecule has 0 aliphatic rings. The molecule has 0 rings (SSSR count). The van der Waals surface area contributed by atoms with Crippen molar-refractivity contribution in [1.82, 2.24) is 0 Å². The van der Waals surface area contributed by atoms with Crippen molar-refractivity contribution in [1.29, 1.82) is 0 Å². The third kappa shape index (κ3) is 10.0. The molecule has 0 saturated carbocycles. The zero-order chi connectivity index (χ0) is 15.5. The van der Waals surface area contributed by atoms with E-state index in [1.807, 2.05) is 0 Å². The molecule has 0 fully saturated rings. The van der Waals surface area contributed by atoms with E-state index in [2.05, 4.69) is 20.8 Å². The van der Waals surface area contributed by atoms with Gasteiger partial charge in [0.15, 0.2) is 0 Å². The van der Waals surface area contributed by atoms with Crippen LogP contribution in [0.15, 0.2) is 0 Å². The second kappa shape index (κ2) is 10.9. The predicted octanol–water partition coefficient (Wildman–Crippen LogP) is 4.74. The van der Waals surface area contributed by atoms with E-state index in [-0.39, 0.29) is 11.2 Å². The Balaban J connectivity index is 4.42. The molecule has 3 nitrogen and oxygen atoms in total. The summed E-state index contributed by atoms with van der Waals surface area (Å²) in [7, 11) is 2.00. The van der Waals surface area contributed by atoms with Crippen LogP contribution in [0.5, 0.6) is 0 Å². The molecule has 0 aromatic carbocycles. The molecule has 0 aliphatic carbocycles. The van der Waals surface area contributed by atoms with Crippen LogP contribution in [-0.4, -0.2) is 27.4 Å². The van der Waals surface area contributed by atoms with Gasteiger partial charge in [-0.3, -0.25) is 0 Å². The summed E-state index contributed by atoms with van der Waals surface area (Å²) in [4.78, 5) is 0. The quantitative estimate of drug-likeness (QED) is 0.363. The molecule has 122 valence electrons. The fourth-order valence-corrected chi connectivity index (χ4v) is 4.60. The van der Waals surface area contributed by atoms with Crippen molar-refractivity contribution in [2.45, 2.75) is 72.1 Å². The third-order valence-electron chi connectivity index (χ3n) is 3.59. The van der Waals surface area contributed by atoms with Crippen molar-refractivity contribution >= 4 is 19.7 Å². The molecule has 0 amide bonds. The van der Waals surface area contributed by atoms with E-state index in [0.29, 0.717) is 6.61 Å². The lowest BCUT2D eigenvalue weighted by Crippen LogP contribution is -2.33. The molecule has 0 aliphatic heterocycles. The molecular weight excluding hydrogens is 296 g/mol. The minimum absolute atomic E-state index is 0.0260. The highest BCUT2D eigenvalue weighted by molar-refractivity contribution is 8.13. The fraction of sp³-hybridized carbons (Fsp3) is 1.00. The Hall–Kier alpha value is 0.200. The average Bonchev–Trinajstić information content (AvgIpc) is 2.32. The Morgan fingerprint density at radius 2 is 1.55 bits per heavy atom. The topological polar surface area (TPSA) is 43.4 Å². The van der Waals surface area contributed by atoms with E-state index in [0.717, 1.165) is 38.7 Å². The molecule has 5 heteroatoms. The molecule has 0 atom stereocenters. The molecule has 0 aromatic rings. The molecule has 0 radical (unpaired) electrons. The number of unbranched alkanes of at least 4 members (excludes halogenated alkanes) is 3. The molecule has 0 aromatic heterocycles. The maximum absolute atomic E-state index is 11.5. The van der Waals surface area contributed by atoms with Crippen LogP contribution < -0.4 is 0 Å². The first-order valence-electron chi connectivity index (χ1n) is 7.89. The summed E-state index contributed by atoms with van der Waals surface area (Å²) < 4.78 is 28.7. The van der Waals surface area contributed by atoms with Gasteiger partial charge >= 0.3 is 0 Å². The van der Waals surface area contributed by atoms with Gasteiger partial charge in [-0.05, 0) is 19.3 Å². The normalized spacial score (nSPS) is 12.8. The number of rotatable bonds is 13. The summed E-state index contributed by atoms with van der Waals surface area (Å²) >= 11 is 0. The van der Waals surface area contributed by atoms with Crippen LogP contribution in [0.1, 0.15) is 72.1 Å². The molecular formula is C15H31ClO3S. The van der Waals surface area contributed by atoms with Gasteiger partial charge in [0, 0.05) is 22.7 Å². The van der Waals surface area contributed by atoms with E-state index >= 15 is 0 Å². The lowest BCUT2D eigenvalue weighted by Gasteiger charge is -2.32. The van der Waals surface area contributed by atoms with Crippen molar-refractivity contribution in [3.63, 3.8) is 0 Å². The molecule has 0 N–H and O–H groups in total. The molecule has 0 spiro atoms. The van der Waals surface area contributed by atoms with Gasteiger partial charge in [-0.1, -0.05) is 52.9 Å². The van der Waals surface area contributed by atoms with E-state index < -0.39 is 9.05 Å². The van der Waals surface area contributed by atoms with Gasteiger partial charge in [-0.15, -0.1) is 0 Å². The van der Waals surface area contributed by atoms with Crippen LogP contribution >= 0.6 is 10.7 Å². The van der Waals surface area contributed by atoms with Crippen LogP contribution in [0.4, 0.5) is 0 Å². The Morgan fingerprint density at radius 1 is 0.950 bits per heavy atom. The van der Waals surface area contributed by atoms with Gasteiger partial charge in [0.05, 0.1) is 12.4 Å². The number of halogens is 1. The van der Waals surface area contributed by atoms with E-state index in [1.165, 1.54) is 19.3 Å². The highest BCUT2D eigenvalue weighted by atomic mass is 35.7. The van der Waals surface area contributed by atoms with Gasteiger partial charge < -0.3 is 4.74 Å². The highest BCUT2D eigenvalue weighted by Gasteiger charge is 2.33. The number of hydrogen-bond acceptors (Lipinski definition) is 3. The van der Waals surface area contributed by atoms with Crippen molar-refractivity contribution in [3.05, 3.63) is 0 Å². The van der Waals surface area contributed by atoms with Crippen LogP contribution in [0.3, 0.4) is 0 Å². The fourth-order valence-electron chi connectivity index (χ4n) is 2.80. The Morgan fingerprint density at radius 3 is 2.00 bits per heavy atom. The van der Waals surface area contributed by atoms with E-state index in [1.54, 1.807) is 0 Å². The monoisotopic (exact) mass is 326 g/mol. The molecule has 0 unspecified atom stereocenters. The van der Waals surface area contributed by atoms with Crippen LogP contribution in [-0.2, 0) is 13.8 Å². The van der Waals surface area contributed by atoms with Crippen molar-refractivity contribution in [2.75, 3.05) is 19.0 Å². The van der Waals surface area contributed by atoms with Gasteiger partial charge in [-0.2, -0.15) is 0 Å². The zero-order valence-electron chi connectivity index (χ0n) is 13.3. The van der Waals surface area contributed by atoms with Gasteiger partial charge in [-0.25, -0.2) is 8.42 Å². The summed E-state index contributed by atoms with van der Waals surface area (Å²) in [5.41, 5.74) is -0.311.